The Hall–Kier alpha value is -3.46. The van der Waals surface area contributed by atoms with Gasteiger partial charge in [-0.05, 0) is 42.7 Å². The van der Waals surface area contributed by atoms with E-state index in [4.69, 9.17) is 9.47 Å². The minimum absolute atomic E-state index is 0.0556. The Labute approximate surface area is 165 Å². The number of nitriles is 1. The molecule has 0 saturated carbocycles. The lowest BCUT2D eigenvalue weighted by Crippen LogP contribution is -2.15. The lowest BCUT2D eigenvalue weighted by atomic mass is 10.1. The molecule has 0 heterocycles. The Balaban J connectivity index is 2.08. The molecule has 0 fully saturated rings. The van der Waals surface area contributed by atoms with Crippen molar-refractivity contribution in [2.45, 2.75) is 26.2 Å². The van der Waals surface area contributed by atoms with E-state index in [2.05, 4.69) is 17.6 Å². The number of nitrogens with zero attached hydrogens (tertiary/aromatic N) is 1. The number of aryl methyl sites for hydroxylation is 1. The number of nitrogens with one attached hydrogen (secondary N) is 2. The van der Waals surface area contributed by atoms with Crippen molar-refractivity contribution in [2.75, 3.05) is 24.9 Å². The Morgan fingerprint density at radius 2 is 1.89 bits per heavy atom. The lowest BCUT2D eigenvalue weighted by molar-refractivity contribution is -0.112. The highest BCUT2D eigenvalue weighted by atomic mass is 16.5. The maximum Gasteiger partial charge on any atom is 0.267 e. The number of hydrogen-bond donors (Lipinski definition) is 2. The molecule has 28 heavy (non-hydrogen) atoms. The summed E-state index contributed by atoms with van der Waals surface area (Å²) in [6.45, 7) is 2.16. The van der Waals surface area contributed by atoms with E-state index in [0.29, 0.717) is 17.2 Å². The first-order chi connectivity index (χ1) is 13.6. The molecule has 0 saturated heterocycles. The number of rotatable bonds is 9. The van der Waals surface area contributed by atoms with Crippen molar-refractivity contribution in [3.8, 4) is 17.6 Å². The molecule has 2 rings (SSSR count). The smallest absolute Gasteiger partial charge is 0.267 e. The van der Waals surface area contributed by atoms with Crippen molar-refractivity contribution in [1.29, 1.82) is 5.26 Å². The van der Waals surface area contributed by atoms with Crippen molar-refractivity contribution >= 4 is 17.3 Å². The van der Waals surface area contributed by atoms with Crippen LogP contribution in [-0.4, -0.2) is 20.1 Å². The fourth-order valence-electron chi connectivity index (χ4n) is 2.55. The summed E-state index contributed by atoms with van der Waals surface area (Å²) in [4.78, 5) is 12.5. The number of methoxy groups -OCH3 is 2. The second kappa shape index (κ2) is 10.6. The summed E-state index contributed by atoms with van der Waals surface area (Å²) in [5, 5.41) is 15.0. The van der Waals surface area contributed by atoms with Gasteiger partial charge in [0.1, 0.15) is 23.1 Å². The van der Waals surface area contributed by atoms with Gasteiger partial charge in [-0.3, -0.25) is 4.79 Å². The number of benzene rings is 2. The lowest BCUT2D eigenvalue weighted by Gasteiger charge is -2.11. The van der Waals surface area contributed by atoms with Crippen LogP contribution in [0.4, 0.5) is 11.4 Å². The fraction of sp³-hybridized carbons (Fsp3) is 0.273. The molecule has 0 aliphatic heterocycles. The first-order valence-electron chi connectivity index (χ1n) is 9.10. The standard InChI is InChI=1S/C22H25N3O3/c1-4-5-6-16-7-9-18(10-8-16)24-15-17(14-23)22(26)25-20-13-19(27-2)11-12-21(20)28-3/h7-13,15,24H,4-6H2,1-3H3,(H,25,26)/b17-15-. The van der Waals surface area contributed by atoms with Gasteiger partial charge in [-0.2, -0.15) is 5.26 Å². The van der Waals surface area contributed by atoms with Crippen LogP contribution in [0.2, 0.25) is 0 Å². The van der Waals surface area contributed by atoms with Crippen molar-refractivity contribution in [2.24, 2.45) is 0 Å². The summed E-state index contributed by atoms with van der Waals surface area (Å²) in [5.74, 6) is 0.503. The van der Waals surface area contributed by atoms with Gasteiger partial charge in [0.25, 0.3) is 5.91 Å². The third-order valence-electron chi connectivity index (χ3n) is 4.18. The third kappa shape index (κ3) is 5.78. The molecule has 0 aromatic heterocycles. The molecule has 2 aromatic rings. The first kappa shape index (κ1) is 20.8. The van der Waals surface area contributed by atoms with Gasteiger partial charge < -0.3 is 20.1 Å². The Bertz CT molecular complexity index is 868. The molecule has 2 aromatic carbocycles. The highest BCUT2D eigenvalue weighted by Gasteiger charge is 2.13. The summed E-state index contributed by atoms with van der Waals surface area (Å²) in [7, 11) is 3.04. The number of unbranched alkanes of at least 4 members (excludes halogenated alkanes) is 1. The van der Waals surface area contributed by atoms with Gasteiger partial charge >= 0.3 is 0 Å². The molecule has 0 aliphatic carbocycles. The van der Waals surface area contributed by atoms with Crippen LogP contribution in [0.15, 0.2) is 54.2 Å². The molecule has 0 spiro atoms. The molecular weight excluding hydrogens is 354 g/mol. The zero-order chi connectivity index (χ0) is 20.4. The Kier molecular flexibility index (Phi) is 7.92. The number of carbonyl (C=O) groups excluding carboxylic acids is 1. The molecular formula is C22H25N3O3. The fourth-order valence-corrected chi connectivity index (χ4v) is 2.55. The highest BCUT2D eigenvalue weighted by molar-refractivity contribution is 6.07. The molecule has 146 valence electrons. The SMILES string of the molecule is CCCCc1ccc(N/C=C(/C#N)C(=O)Nc2cc(OC)ccc2OC)cc1. The predicted octanol–water partition coefficient (Wildman–Crippen LogP) is 4.50. The van der Waals surface area contributed by atoms with Crippen LogP contribution in [0.5, 0.6) is 11.5 Å². The maximum absolute atomic E-state index is 12.5. The van der Waals surface area contributed by atoms with E-state index in [9.17, 15) is 10.1 Å². The molecule has 2 N–H and O–H groups in total. The molecule has 0 atom stereocenters. The summed E-state index contributed by atoms with van der Waals surface area (Å²) in [6, 6.07) is 14.9. The zero-order valence-corrected chi connectivity index (χ0v) is 16.4. The van der Waals surface area contributed by atoms with Crippen LogP contribution in [0.25, 0.3) is 0 Å². The minimum atomic E-state index is -0.541. The third-order valence-corrected chi connectivity index (χ3v) is 4.18. The van der Waals surface area contributed by atoms with Crippen molar-refractivity contribution in [3.05, 3.63) is 59.8 Å². The largest absolute Gasteiger partial charge is 0.497 e. The van der Waals surface area contributed by atoms with E-state index in [0.717, 1.165) is 24.9 Å². The highest BCUT2D eigenvalue weighted by Crippen LogP contribution is 2.29. The van der Waals surface area contributed by atoms with E-state index in [-0.39, 0.29) is 5.57 Å². The van der Waals surface area contributed by atoms with Gasteiger partial charge in [0.15, 0.2) is 0 Å². The number of hydrogen-bond acceptors (Lipinski definition) is 5. The van der Waals surface area contributed by atoms with Crippen LogP contribution < -0.4 is 20.1 Å². The average Bonchev–Trinajstić information content (AvgIpc) is 2.73. The van der Waals surface area contributed by atoms with Crippen LogP contribution in [0.1, 0.15) is 25.3 Å². The number of carbonyl (C=O) groups is 1. The van der Waals surface area contributed by atoms with Gasteiger partial charge in [-0.25, -0.2) is 0 Å². The normalized spacial score (nSPS) is 10.7. The van der Waals surface area contributed by atoms with Gasteiger partial charge in [0, 0.05) is 18.0 Å². The van der Waals surface area contributed by atoms with Gasteiger partial charge in [-0.1, -0.05) is 25.5 Å². The second-order valence-corrected chi connectivity index (χ2v) is 6.13. The topological polar surface area (TPSA) is 83.4 Å². The van der Waals surface area contributed by atoms with Crippen molar-refractivity contribution < 1.29 is 14.3 Å². The molecule has 0 bridgehead atoms. The van der Waals surface area contributed by atoms with Crippen LogP contribution in [-0.2, 0) is 11.2 Å². The minimum Gasteiger partial charge on any atom is -0.497 e. The van der Waals surface area contributed by atoms with E-state index in [1.807, 2.05) is 30.3 Å². The summed E-state index contributed by atoms with van der Waals surface area (Å²) < 4.78 is 10.4. The molecule has 6 heteroatoms. The zero-order valence-electron chi connectivity index (χ0n) is 16.4. The molecule has 0 unspecified atom stereocenters. The van der Waals surface area contributed by atoms with Crippen LogP contribution >= 0.6 is 0 Å². The van der Waals surface area contributed by atoms with E-state index in [1.54, 1.807) is 18.2 Å². The van der Waals surface area contributed by atoms with Crippen molar-refractivity contribution in [1.82, 2.24) is 0 Å². The predicted molar refractivity (Wildman–Crippen MR) is 111 cm³/mol. The van der Waals surface area contributed by atoms with Crippen LogP contribution in [0, 0.1) is 11.3 Å². The van der Waals surface area contributed by atoms with Gasteiger partial charge in [0.05, 0.1) is 19.9 Å². The Morgan fingerprint density at radius 3 is 2.50 bits per heavy atom. The quantitative estimate of drug-likeness (QED) is 0.495. The van der Waals surface area contributed by atoms with E-state index < -0.39 is 5.91 Å². The average molecular weight is 379 g/mol. The second-order valence-electron chi connectivity index (χ2n) is 6.13. The monoisotopic (exact) mass is 379 g/mol. The number of ether oxygens (including phenoxy) is 2. The summed E-state index contributed by atoms with van der Waals surface area (Å²) >= 11 is 0. The molecule has 0 radical (unpaired) electrons. The van der Waals surface area contributed by atoms with E-state index in [1.165, 1.54) is 26.0 Å². The van der Waals surface area contributed by atoms with E-state index >= 15 is 0 Å². The molecule has 1 amide bonds. The summed E-state index contributed by atoms with van der Waals surface area (Å²) in [6.07, 6.45) is 4.74. The van der Waals surface area contributed by atoms with Gasteiger partial charge in [-0.15, -0.1) is 0 Å². The van der Waals surface area contributed by atoms with Crippen LogP contribution in [0.3, 0.4) is 0 Å². The summed E-state index contributed by atoms with van der Waals surface area (Å²) in [5.41, 5.74) is 2.44. The maximum atomic E-state index is 12.5. The van der Waals surface area contributed by atoms with Gasteiger partial charge in [0.2, 0.25) is 0 Å². The first-order valence-corrected chi connectivity index (χ1v) is 9.10. The Morgan fingerprint density at radius 1 is 1.14 bits per heavy atom. The molecule has 0 aliphatic rings. The number of amides is 1. The number of anilines is 2. The van der Waals surface area contributed by atoms with Crippen molar-refractivity contribution in [3.63, 3.8) is 0 Å². The molecule has 6 nitrogen and oxygen atoms in total.